The summed E-state index contributed by atoms with van der Waals surface area (Å²) in [6.07, 6.45) is -0.252. The van der Waals surface area contributed by atoms with Crippen molar-refractivity contribution in [1.82, 2.24) is 4.90 Å². The monoisotopic (exact) mass is 387 g/mol. The van der Waals surface area contributed by atoms with Crippen LogP contribution in [0.2, 0.25) is 0 Å². The molecule has 8 heteroatoms. The van der Waals surface area contributed by atoms with Gasteiger partial charge < -0.3 is 10.2 Å². The summed E-state index contributed by atoms with van der Waals surface area (Å²) in [5.74, 6) is -1.96. The van der Waals surface area contributed by atoms with Gasteiger partial charge in [0.15, 0.2) is 0 Å². The first-order chi connectivity index (χ1) is 13.3. The first-order valence-corrected chi connectivity index (χ1v) is 8.75. The van der Waals surface area contributed by atoms with Crippen LogP contribution in [0.5, 0.6) is 0 Å². The van der Waals surface area contributed by atoms with E-state index in [-0.39, 0.29) is 18.2 Å². The van der Waals surface area contributed by atoms with Crippen molar-refractivity contribution >= 4 is 29.2 Å². The summed E-state index contributed by atoms with van der Waals surface area (Å²) < 4.78 is 26.2. The largest absolute Gasteiger partial charge is 0.332 e. The highest BCUT2D eigenvalue weighted by atomic mass is 19.1. The van der Waals surface area contributed by atoms with Crippen molar-refractivity contribution in [2.45, 2.75) is 32.4 Å². The average Bonchev–Trinajstić information content (AvgIpc) is 2.88. The number of amides is 4. The van der Waals surface area contributed by atoms with Crippen LogP contribution in [0.3, 0.4) is 0 Å². The maximum absolute atomic E-state index is 13.2. The fourth-order valence-corrected chi connectivity index (χ4v) is 3.13. The molecule has 146 valence electrons. The standard InChI is InChI=1S/C20H19F2N3O3/c1-12(2)24-17(11-18(26)23-15-7-3-13(21)4-8-15)19(27)25(20(24)28)16-9-5-14(22)6-10-16/h3-10,12,17H,11H2,1-2H3,(H,23,26)/t17-/m1/s1. The summed E-state index contributed by atoms with van der Waals surface area (Å²) >= 11 is 0. The number of carbonyl (C=O) groups excluding carboxylic acids is 3. The number of rotatable bonds is 5. The highest BCUT2D eigenvalue weighted by Gasteiger charge is 2.47. The normalized spacial score (nSPS) is 16.8. The van der Waals surface area contributed by atoms with E-state index >= 15 is 0 Å². The number of imide groups is 1. The molecule has 0 unspecified atom stereocenters. The lowest BCUT2D eigenvalue weighted by atomic mass is 10.1. The third-order valence-electron chi connectivity index (χ3n) is 4.40. The fourth-order valence-electron chi connectivity index (χ4n) is 3.13. The lowest BCUT2D eigenvalue weighted by molar-refractivity contribution is -0.124. The molecule has 2 aromatic carbocycles. The molecule has 0 spiro atoms. The molecule has 0 saturated carbocycles. The van der Waals surface area contributed by atoms with Gasteiger partial charge in [-0.2, -0.15) is 0 Å². The fraction of sp³-hybridized carbons (Fsp3) is 0.250. The maximum atomic E-state index is 13.2. The summed E-state index contributed by atoms with van der Waals surface area (Å²) in [7, 11) is 0. The van der Waals surface area contributed by atoms with Crippen LogP contribution < -0.4 is 10.2 Å². The van der Waals surface area contributed by atoms with Gasteiger partial charge in [0.1, 0.15) is 17.7 Å². The van der Waals surface area contributed by atoms with Crippen molar-refractivity contribution in [3.63, 3.8) is 0 Å². The van der Waals surface area contributed by atoms with E-state index in [1.54, 1.807) is 13.8 Å². The van der Waals surface area contributed by atoms with Crippen LogP contribution in [0, 0.1) is 11.6 Å². The van der Waals surface area contributed by atoms with Crippen LogP contribution in [0.1, 0.15) is 20.3 Å². The number of hydrogen-bond acceptors (Lipinski definition) is 3. The number of halogens is 2. The van der Waals surface area contributed by atoms with Crippen molar-refractivity contribution in [1.29, 1.82) is 0 Å². The maximum Gasteiger partial charge on any atom is 0.332 e. The summed E-state index contributed by atoms with van der Waals surface area (Å²) in [6.45, 7) is 3.48. The molecule has 4 amide bonds. The number of hydrogen-bond donors (Lipinski definition) is 1. The minimum absolute atomic E-state index is 0.239. The molecule has 1 heterocycles. The lowest BCUT2D eigenvalue weighted by Crippen LogP contribution is -2.42. The topological polar surface area (TPSA) is 69.7 Å². The predicted octanol–water partition coefficient (Wildman–Crippen LogP) is 3.54. The third kappa shape index (κ3) is 3.85. The van der Waals surface area contributed by atoms with Gasteiger partial charge in [0.05, 0.1) is 12.1 Å². The van der Waals surface area contributed by atoms with Gasteiger partial charge in [-0.25, -0.2) is 18.5 Å². The van der Waals surface area contributed by atoms with Gasteiger partial charge in [0.2, 0.25) is 5.91 Å². The van der Waals surface area contributed by atoms with E-state index in [0.29, 0.717) is 5.69 Å². The van der Waals surface area contributed by atoms with Crippen molar-refractivity contribution in [3.05, 3.63) is 60.2 Å². The molecule has 1 saturated heterocycles. The van der Waals surface area contributed by atoms with E-state index < -0.39 is 35.5 Å². The molecule has 0 aliphatic carbocycles. The van der Waals surface area contributed by atoms with Crippen molar-refractivity contribution in [2.75, 3.05) is 10.2 Å². The Morgan fingerprint density at radius 1 is 1.00 bits per heavy atom. The predicted molar refractivity (Wildman–Crippen MR) is 99.7 cm³/mol. The molecule has 1 atom stereocenters. The Bertz CT molecular complexity index is 898. The molecule has 1 aliphatic rings. The summed E-state index contributed by atoms with van der Waals surface area (Å²) in [5, 5.41) is 2.59. The highest BCUT2D eigenvalue weighted by Crippen LogP contribution is 2.28. The molecule has 0 aromatic heterocycles. The Kier molecular flexibility index (Phi) is 5.39. The Morgan fingerprint density at radius 2 is 1.54 bits per heavy atom. The summed E-state index contributed by atoms with van der Waals surface area (Å²) in [4.78, 5) is 40.4. The second kappa shape index (κ2) is 7.75. The quantitative estimate of drug-likeness (QED) is 0.798. The zero-order chi connectivity index (χ0) is 20.4. The van der Waals surface area contributed by atoms with Gasteiger partial charge in [-0.3, -0.25) is 9.59 Å². The minimum atomic E-state index is -0.988. The van der Waals surface area contributed by atoms with Gasteiger partial charge in [0.25, 0.3) is 5.91 Å². The first-order valence-electron chi connectivity index (χ1n) is 8.75. The van der Waals surface area contributed by atoms with Crippen molar-refractivity contribution in [2.24, 2.45) is 0 Å². The van der Waals surface area contributed by atoms with E-state index in [0.717, 1.165) is 17.0 Å². The smallest absolute Gasteiger partial charge is 0.326 e. The average molecular weight is 387 g/mol. The van der Waals surface area contributed by atoms with Crippen molar-refractivity contribution in [3.8, 4) is 0 Å². The van der Waals surface area contributed by atoms with Gasteiger partial charge in [-0.1, -0.05) is 0 Å². The van der Waals surface area contributed by atoms with E-state index in [2.05, 4.69) is 5.32 Å². The lowest BCUT2D eigenvalue weighted by Gasteiger charge is -2.25. The zero-order valence-corrected chi connectivity index (χ0v) is 15.4. The van der Waals surface area contributed by atoms with Gasteiger partial charge >= 0.3 is 6.03 Å². The molecule has 0 bridgehead atoms. The number of nitrogens with zero attached hydrogens (tertiary/aromatic N) is 2. The van der Waals surface area contributed by atoms with E-state index in [4.69, 9.17) is 0 Å². The van der Waals surface area contributed by atoms with Gasteiger partial charge in [-0.15, -0.1) is 0 Å². The molecule has 6 nitrogen and oxygen atoms in total. The minimum Gasteiger partial charge on any atom is -0.326 e. The highest BCUT2D eigenvalue weighted by molar-refractivity contribution is 6.22. The SMILES string of the molecule is CC(C)N1C(=O)N(c2ccc(F)cc2)C(=O)[C@H]1CC(=O)Nc1ccc(F)cc1. The number of urea groups is 1. The Hall–Kier alpha value is -3.29. The number of anilines is 2. The summed E-state index contributed by atoms with van der Waals surface area (Å²) in [6, 6.07) is 8.32. The molecule has 1 aliphatic heterocycles. The van der Waals surface area contributed by atoms with Crippen LogP contribution in [-0.4, -0.2) is 34.8 Å². The Balaban J connectivity index is 1.80. The third-order valence-corrected chi connectivity index (χ3v) is 4.40. The number of benzene rings is 2. The van der Waals surface area contributed by atoms with Crippen LogP contribution in [-0.2, 0) is 9.59 Å². The molecule has 1 N–H and O–H groups in total. The number of carbonyl (C=O) groups is 3. The second-order valence-electron chi connectivity index (χ2n) is 6.71. The van der Waals surface area contributed by atoms with Crippen LogP contribution in [0.4, 0.5) is 25.0 Å². The van der Waals surface area contributed by atoms with E-state index in [9.17, 15) is 23.2 Å². The Labute approximate surface area is 160 Å². The number of nitrogens with one attached hydrogen (secondary N) is 1. The van der Waals surface area contributed by atoms with E-state index in [1.807, 2.05) is 0 Å². The van der Waals surface area contributed by atoms with Gasteiger partial charge in [0, 0.05) is 11.7 Å². The van der Waals surface area contributed by atoms with Gasteiger partial charge in [-0.05, 0) is 62.4 Å². The molecule has 28 heavy (non-hydrogen) atoms. The molecule has 1 fully saturated rings. The first kappa shape index (κ1) is 19.5. The van der Waals surface area contributed by atoms with Crippen LogP contribution in [0.15, 0.2) is 48.5 Å². The molecule has 2 aromatic rings. The van der Waals surface area contributed by atoms with Crippen LogP contribution >= 0.6 is 0 Å². The summed E-state index contributed by atoms with van der Waals surface area (Å²) in [5.41, 5.74) is 0.623. The second-order valence-corrected chi connectivity index (χ2v) is 6.71. The zero-order valence-electron chi connectivity index (χ0n) is 15.4. The molecule has 0 radical (unpaired) electrons. The van der Waals surface area contributed by atoms with Crippen LogP contribution in [0.25, 0.3) is 0 Å². The van der Waals surface area contributed by atoms with E-state index in [1.165, 1.54) is 41.3 Å². The van der Waals surface area contributed by atoms with Crippen molar-refractivity contribution < 1.29 is 23.2 Å². The molecule has 3 rings (SSSR count). The molecular formula is C20H19F2N3O3. The molecular weight excluding hydrogens is 368 g/mol. The Morgan fingerprint density at radius 3 is 2.07 bits per heavy atom.